The van der Waals surface area contributed by atoms with Crippen LogP contribution in [0.2, 0.25) is 0 Å². The lowest BCUT2D eigenvalue weighted by Gasteiger charge is -2.06. The number of hydrogen-bond acceptors (Lipinski definition) is 6. The van der Waals surface area contributed by atoms with Crippen molar-refractivity contribution in [3.05, 3.63) is 48.3 Å². The van der Waals surface area contributed by atoms with E-state index in [-0.39, 0.29) is 0 Å². The van der Waals surface area contributed by atoms with Crippen molar-refractivity contribution in [2.45, 2.75) is 0 Å². The highest BCUT2D eigenvalue weighted by Gasteiger charge is 2.10. The van der Waals surface area contributed by atoms with E-state index in [1.807, 2.05) is 6.07 Å². The van der Waals surface area contributed by atoms with Gasteiger partial charge in [-0.15, -0.1) is 0 Å². The molecule has 0 spiro atoms. The highest BCUT2D eigenvalue weighted by atomic mass is 15.4. The summed E-state index contributed by atoms with van der Waals surface area (Å²) in [6, 6.07) is 11.0. The molecule has 0 atom stereocenters. The molecular formula is C14H11N7. The summed E-state index contributed by atoms with van der Waals surface area (Å²) in [5, 5.41) is 16.0. The molecule has 0 fully saturated rings. The van der Waals surface area contributed by atoms with Crippen molar-refractivity contribution in [3.8, 4) is 23.4 Å². The van der Waals surface area contributed by atoms with Crippen LogP contribution in [-0.4, -0.2) is 31.8 Å². The molecular weight excluding hydrogens is 266 g/mol. The number of nitrogens with zero attached hydrogens (tertiary/aromatic N) is 6. The van der Waals surface area contributed by atoms with Crippen molar-refractivity contribution in [1.82, 2.24) is 24.7 Å². The summed E-state index contributed by atoms with van der Waals surface area (Å²) in [5.41, 5.74) is 1.31. The average molecular weight is 277 g/mol. The molecule has 0 aliphatic rings. The summed E-state index contributed by atoms with van der Waals surface area (Å²) in [6.45, 7) is 0. The largest absolute Gasteiger partial charge is 0.357 e. The second kappa shape index (κ2) is 5.38. The van der Waals surface area contributed by atoms with Crippen LogP contribution >= 0.6 is 0 Å². The molecule has 21 heavy (non-hydrogen) atoms. The lowest BCUT2D eigenvalue weighted by molar-refractivity contribution is 0.800. The summed E-state index contributed by atoms with van der Waals surface area (Å²) in [6.07, 6.45) is 3.41. The molecule has 0 saturated heterocycles. The van der Waals surface area contributed by atoms with Crippen molar-refractivity contribution in [2.75, 3.05) is 12.4 Å². The van der Waals surface area contributed by atoms with Gasteiger partial charge in [0.05, 0.1) is 11.6 Å². The van der Waals surface area contributed by atoms with Gasteiger partial charge >= 0.3 is 0 Å². The van der Waals surface area contributed by atoms with Crippen LogP contribution in [0.4, 0.5) is 5.95 Å². The summed E-state index contributed by atoms with van der Waals surface area (Å²) >= 11 is 0. The molecule has 0 radical (unpaired) electrons. The number of nitriles is 1. The monoisotopic (exact) mass is 277 g/mol. The lowest BCUT2D eigenvalue weighted by Crippen LogP contribution is -2.08. The van der Waals surface area contributed by atoms with Crippen molar-refractivity contribution in [1.29, 1.82) is 5.26 Å². The van der Waals surface area contributed by atoms with Gasteiger partial charge in [0.25, 0.3) is 5.95 Å². The zero-order valence-corrected chi connectivity index (χ0v) is 11.2. The molecule has 7 nitrogen and oxygen atoms in total. The molecule has 0 amide bonds. The van der Waals surface area contributed by atoms with E-state index in [4.69, 9.17) is 5.26 Å². The fraction of sp³-hybridized carbons (Fsp3) is 0.0714. The van der Waals surface area contributed by atoms with Crippen LogP contribution in [0.1, 0.15) is 5.56 Å². The minimum absolute atomic E-state index is 0.414. The van der Waals surface area contributed by atoms with E-state index in [9.17, 15) is 0 Å². The topological polar surface area (TPSA) is 92.3 Å². The zero-order valence-electron chi connectivity index (χ0n) is 11.2. The molecule has 3 rings (SSSR count). The maximum atomic E-state index is 8.98. The van der Waals surface area contributed by atoms with Gasteiger partial charge in [-0.05, 0) is 18.2 Å². The third-order valence-electron chi connectivity index (χ3n) is 2.81. The summed E-state index contributed by atoms with van der Waals surface area (Å²) in [5.74, 6) is 1.33. The van der Waals surface area contributed by atoms with E-state index in [0.717, 1.165) is 5.56 Å². The average Bonchev–Trinajstić information content (AvgIpc) is 3.09. The Kier molecular flexibility index (Phi) is 3.27. The molecule has 102 valence electrons. The Labute approximate surface area is 120 Å². The Morgan fingerprint density at radius 1 is 1.19 bits per heavy atom. The van der Waals surface area contributed by atoms with Gasteiger partial charge in [-0.2, -0.15) is 25.3 Å². The second-order valence-corrected chi connectivity index (χ2v) is 4.18. The van der Waals surface area contributed by atoms with Gasteiger partial charge in [0, 0.05) is 25.0 Å². The molecule has 1 aromatic carbocycles. The van der Waals surface area contributed by atoms with E-state index < -0.39 is 0 Å². The number of benzene rings is 1. The van der Waals surface area contributed by atoms with Gasteiger partial charge in [-0.25, -0.2) is 4.68 Å². The third-order valence-corrected chi connectivity index (χ3v) is 2.81. The molecule has 0 aliphatic carbocycles. The number of rotatable bonds is 3. The van der Waals surface area contributed by atoms with Crippen LogP contribution in [0.15, 0.2) is 42.7 Å². The number of anilines is 1. The fourth-order valence-electron chi connectivity index (χ4n) is 1.82. The minimum atomic E-state index is 0.414. The maximum absolute atomic E-state index is 8.98. The number of nitrogens with one attached hydrogen (secondary N) is 1. The first-order valence-electron chi connectivity index (χ1n) is 6.24. The zero-order chi connectivity index (χ0) is 14.7. The summed E-state index contributed by atoms with van der Waals surface area (Å²) in [7, 11) is 1.73. The quantitative estimate of drug-likeness (QED) is 0.782. The van der Waals surface area contributed by atoms with Gasteiger partial charge in [-0.3, -0.25) is 0 Å². The molecule has 2 aromatic heterocycles. The van der Waals surface area contributed by atoms with Crippen LogP contribution in [0.3, 0.4) is 0 Å². The van der Waals surface area contributed by atoms with Crippen LogP contribution in [0.25, 0.3) is 17.3 Å². The van der Waals surface area contributed by atoms with Crippen LogP contribution in [0.5, 0.6) is 0 Å². The van der Waals surface area contributed by atoms with Gasteiger partial charge < -0.3 is 5.32 Å². The van der Waals surface area contributed by atoms with E-state index in [1.54, 1.807) is 48.4 Å². The van der Waals surface area contributed by atoms with E-state index >= 15 is 0 Å². The van der Waals surface area contributed by atoms with Crippen molar-refractivity contribution in [3.63, 3.8) is 0 Å². The Morgan fingerprint density at radius 2 is 2.10 bits per heavy atom. The van der Waals surface area contributed by atoms with Crippen molar-refractivity contribution in [2.24, 2.45) is 0 Å². The minimum Gasteiger partial charge on any atom is -0.357 e. The Balaban J connectivity index is 2.14. The highest BCUT2D eigenvalue weighted by Crippen LogP contribution is 2.18. The molecule has 3 aromatic rings. The molecule has 0 saturated carbocycles. The predicted octanol–water partition coefficient (Wildman–Crippen LogP) is 1.64. The van der Waals surface area contributed by atoms with Crippen LogP contribution in [0, 0.1) is 11.3 Å². The van der Waals surface area contributed by atoms with Crippen LogP contribution < -0.4 is 5.32 Å². The summed E-state index contributed by atoms with van der Waals surface area (Å²) < 4.78 is 1.56. The predicted molar refractivity (Wildman–Crippen MR) is 76.6 cm³/mol. The second-order valence-electron chi connectivity index (χ2n) is 4.18. The lowest BCUT2D eigenvalue weighted by atomic mass is 10.1. The molecule has 0 unspecified atom stereocenters. The molecule has 0 aliphatic heterocycles. The third kappa shape index (κ3) is 2.55. The van der Waals surface area contributed by atoms with Crippen molar-refractivity contribution >= 4 is 5.95 Å². The molecule has 0 bridgehead atoms. The normalized spacial score (nSPS) is 10.1. The Bertz CT molecular complexity index is 802. The van der Waals surface area contributed by atoms with E-state index in [0.29, 0.717) is 23.3 Å². The van der Waals surface area contributed by atoms with E-state index in [1.165, 1.54) is 0 Å². The molecule has 1 N–H and O–H groups in total. The first-order chi connectivity index (χ1) is 10.3. The highest BCUT2D eigenvalue weighted by molar-refractivity contribution is 5.59. The van der Waals surface area contributed by atoms with Crippen LogP contribution in [-0.2, 0) is 0 Å². The van der Waals surface area contributed by atoms with Gasteiger partial charge in [0.15, 0.2) is 5.82 Å². The molecule has 7 heteroatoms. The first kappa shape index (κ1) is 12.7. The Morgan fingerprint density at radius 3 is 2.81 bits per heavy atom. The number of hydrogen-bond donors (Lipinski definition) is 1. The summed E-state index contributed by atoms with van der Waals surface area (Å²) in [4.78, 5) is 13.0. The van der Waals surface area contributed by atoms with Gasteiger partial charge in [0.2, 0.25) is 5.95 Å². The maximum Gasteiger partial charge on any atom is 0.255 e. The van der Waals surface area contributed by atoms with Gasteiger partial charge in [0.1, 0.15) is 0 Å². The van der Waals surface area contributed by atoms with E-state index in [2.05, 4.69) is 31.4 Å². The first-order valence-corrected chi connectivity index (χ1v) is 6.24. The number of aromatic nitrogens is 5. The Hall–Kier alpha value is -3.27. The molecule has 2 heterocycles. The fourth-order valence-corrected chi connectivity index (χ4v) is 1.82. The SMILES string of the molecule is CNc1nc(-c2cccc(C#N)c2)nc(-n2cccn2)n1. The smallest absolute Gasteiger partial charge is 0.255 e. The standard InChI is InChI=1S/C14H11N7/c1-16-13-18-12(11-5-2-4-10(8-11)9-15)19-14(20-13)21-7-3-6-17-21/h2-8H,1H3,(H,16,18,19,20). The van der Waals surface area contributed by atoms with Gasteiger partial charge in [-0.1, -0.05) is 12.1 Å². The van der Waals surface area contributed by atoms with Crippen molar-refractivity contribution < 1.29 is 0 Å².